The number of carbonyl (C=O) groups is 1. The van der Waals surface area contributed by atoms with E-state index >= 15 is 0 Å². The summed E-state index contributed by atoms with van der Waals surface area (Å²) in [6.07, 6.45) is 1.82. The van der Waals surface area contributed by atoms with Crippen molar-refractivity contribution < 1.29 is 15.0 Å². The van der Waals surface area contributed by atoms with Crippen molar-refractivity contribution in [3.63, 3.8) is 0 Å². The third-order valence-corrected chi connectivity index (χ3v) is 3.39. The predicted molar refractivity (Wildman–Crippen MR) is 75.3 cm³/mol. The van der Waals surface area contributed by atoms with Crippen molar-refractivity contribution in [2.45, 2.75) is 39.2 Å². The number of hydrogen-bond acceptors (Lipinski definition) is 3. The van der Waals surface area contributed by atoms with Crippen molar-refractivity contribution in [2.24, 2.45) is 0 Å². The van der Waals surface area contributed by atoms with Gasteiger partial charge in [-0.1, -0.05) is 19.1 Å². The average Bonchev–Trinajstić information content (AvgIpc) is 2.38. The highest BCUT2D eigenvalue weighted by Gasteiger charge is 2.14. The van der Waals surface area contributed by atoms with Crippen LogP contribution in [0.15, 0.2) is 24.3 Å². The number of aromatic hydroxyl groups is 1. The molecule has 0 aromatic heterocycles. The quantitative estimate of drug-likeness (QED) is 0.709. The van der Waals surface area contributed by atoms with Crippen molar-refractivity contribution in [3.8, 4) is 5.75 Å². The van der Waals surface area contributed by atoms with E-state index in [0.29, 0.717) is 6.42 Å². The van der Waals surface area contributed by atoms with Gasteiger partial charge in [0.25, 0.3) is 0 Å². The second-order valence-electron chi connectivity index (χ2n) is 4.75. The highest BCUT2D eigenvalue weighted by molar-refractivity contribution is 5.66. The molecule has 1 atom stereocenters. The highest BCUT2D eigenvalue weighted by atomic mass is 16.4. The Balaban J connectivity index is 2.51. The fourth-order valence-electron chi connectivity index (χ4n) is 2.21. The van der Waals surface area contributed by atoms with E-state index in [-0.39, 0.29) is 18.2 Å². The maximum Gasteiger partial charge on any atom is 0.303 e. The minimum atomic E-state index is -0.732. The molecule has 0 saturated heterocycles. The molecule has 106 valence electrons. The minimum Gasteiger partial charge on any atom is -0.508 e. The van der Waals surface area contributed by atoms with Crippen LogP contribution < -0.4 is 0 Å². The van der Waals surface area contributed by atoms with Gasteiger partial charge in [-0.15, -0.1) is 0 Å². The minimum absolute atomic E-state index is 0.224. The zero-order valence-electron chi connectivity index (χ0n) is 11.7. The Morgan fingerprint density at radius 3 is 2.68 bits per heavy atom. The lowest BCUT2D eigenvalue weighted by molar-refractivity contribution is -0.137. The lowest BCUT2D eigenvalue weighted by atomic mass is 10.1. The van der Waals surface area contributed by atoms with Crippen LogP contribution >= 0.6 is 0 Å². The van der Waals surface area contributed by atoms with E-state index in [2.05, 4.69) is 18.7 Å². The molecule has 0 radical (unpaired) electrons. The lowest BCUT2D eigenvalue weighted by Crippen LogP contribution is -2.28. The number of hydrogen-bond donors (Lipinski definition) is 2. The van der Waals surface area contributed by atoms with E-state index in [9.17, 15) is 9.90 Å². The molecular weight excluding hydrogens is 242 g/mol. The van der Waals surface area contributed by atoms with Crippen molar-refractivity contribution in [3.05, 3.63) is 29.8 Å². The van der Waals surface area contributed by atoms with Crippen LogP contribution in [0.1, 0.15) is 44.7 Å². The van der Waals surface area contributed by atoms with Crippen molar-refractivity contribution >= 4 is 5.97 Å². The molecule has 0 fully saturated rings. The second kappa shape index (κ2) is 7.79. The number of carboxylic acids is 1. The average molecular weight is 265 g/mol. The summed E-state index contributed by atoms with van der Waals surface area (Å²) in [6.45, 7) is 5.98. The Bertz CT molecular complexity index is 406. The summed E-state index contributed by atoms with van der Waals surface area (Å²) in [7, 11) is 0. The monoisotopic (exact) mass is 265 g/mol. The van der Waals surface area contributed by atoms with E-state index in [1.54, 1.807) is 12.1 Å². The molecule has 1 aromatic carbocycles. The molecule has 0 amide bonds. The van der Waals surface area contributed by atoms with Crippen LogP contribution in [0.5, 0.6) is 5.75 Å². The first-order chi connectivity index (χ1) is 9.04. The number of phenolic OH excluding ortho intramolecular Hbond substituents is 1. The number of rotatable bonds is 8. The van der Waals surface area contributed by atoms with Gasteiger partial charge in [0, 0.05) is 12.5 Å². The first-order valence-corrected chi connectivity index (χ1v) is 6.79. The standard InChI is InChI=1S/C15H23NO3/c1-3-16(10-5-4-9-15(18)19)12(2)13-7-6-8-14(17)11-13/h6-8,11-12,17H,3-5,9-10H2,1-2H3,(H,18,19). The van der Waals surface area contributed by atoms with Crippen molar-refractivity contribution in [1.29, 1.82) is 0 Å². The van der Waals surface area contributed by atoms with Gasteiger partial charge in [-0.05, 0) is 50.6 Å². The normalized spacial score (nSPS) is 12.6. The van der Waals surface area contributed by atoms with E-state index in [1.165, 1.54) is 0 Å². The highest BCUT2D eigenvalue weighted by Crippen LogP contribution is 2.23. The number of phenols is 1. The molecule has 0 aliphatic rings. The number of unbranched alkanes of at least 4 members (excludes halogenated alkanes) is 1. The van der Waals surface area contributed by atoms with Gasteiger partial charge in [-0.25, -0.2) is 0 Å². The molecule has 4 nitrogen and oxygen atoms in total. The Kier molecular flexibility index (Phi) is 6.36. The molecule has 0 aliphatic carbocycles. The first kappa shape index (κ1) is 15.5. The summed E-state index contributed by atoms with van der Waals surface area (Å²) < 4.78 is 0. The van der Waals surface area contributed by atoms with Crippen LogP contribution in [0.2, 0.25) is 0 Å². The molecule has 1 rings (SSSR count). The lowest BCUT2D eigenvalue weighted by Gasteiger charge is -2.28. The maximum atomic E-state index is 10.5. The van der Waals surface area contributed by atoms with Crippen LogP contribution in [-0.4, -0.2) is 34.2 Å². The van der Waals surface area contributed by atoms with Crippen LogP contribution in [0.4, 0.5) is 0 Å². The Labute approximate surface area is 114 Å². The Morgan fingerprint density at radius 1 is 1.37 bits per heavy atom. The molecule has 19 heavy (non-hydrogen) atoms. The number of carboxylic acid groups (broad SMARTS) is 1. The summed E-state index contributed by atoms with van der Waals surface area (Å²) >= 11 is 0. The summed E-state index contributed by atoms with van der Waals surface area (Å²) in [6, 6.07) is 7.52. The summed E-state index contributed by atoms with van der Waals surface area (Å²) in [4.78, 5) is 12.8. The second-order valence-corrected chi connectivity index (χ2v) is 4.75. The van der Waals surface area contributed by atoms with Gasteiger partial charge in [0.05, 0.1) is 0 Å². The van der Waals surface area contributed by atoms with Gasteiger partial charge < -0.3 is 10.2 Å². The van der Waals surface area contributed by atoms with Gasteiger partial charge in [0.15, 0.2) is 0 Å². The van der Waals surface area contributed by atoms with Crippen LogP contribution in [0.25, 0.3) is 0 Å². The molecule has 0 saturated carbocycles. The van der Waals surface area contributed by atoms with Gasteiger partial charge >= 0.3 is 5.97 Å². The molecule has 2 N–H and O–H groups in total. The van der Waals surface area contributed by atoms with Crippen molar-refractivity contribution in [1.82, 2.24) is 4.90 Å². The topological polar surface area (TPSA) is 60.8 Å². The third-order valence-electron chi connectivity index (χ3n) is 3.39. The summed E-state index contributed by atoms with van der Waals surface area (Å²) in [5.74, 6) is -0.449. The third kappa shape index (κ3) is 5.30. The van der Waals surface area contributed by atoms with Gasteiger partial charge in [0.2, 0.25) is 0 Å². The molecule has 0 bridgehead atoms. The van der Waals surface area contributed by atoms with Crippen LogP contribution in [-0.2, 0) is 4.79 Å². The molecule has 0 spiro atoms. The van der Waals surface area contributed by atoms with Gasteiger partial charge in [0.1, 0.15) is 5.75 Å². The first-order valence-electron chi connectivity index (χ1n) is 6.79. The summed E-state index contributed by atoms with van der Waals surface area (Å²) in [5, 5.41) is 18.1. The predicted octanol–water partition coefficient (Wildman–Crippen LogP) is 3.03. The van der Waals surface area contributed by atoms with Crippen LogP contribution in [0, 0.1) is 0 Å². The molecule has 0 heterocycles. The van der Waals surface area contributed by atoms with Crippen LogP contribution in [0.3, 0.4) is 0 Å². The fraction of sp³-hybridized carbons (Fsp3) is 0.533. The Morgan fingerprint density at radius 2 is 2.11 bits per heavy atom. The van der Waals surface area contributed by atoms with E-state index < -0.39 is 5.97 Å². The maximum absolute atomic E-state index is 10.5. The van der Waals surface area contributed by atoms with Gasteiger partial charge in [-0.2, -0.15) is 0 Å². The molecule has 0 aliphatic heterocycles. The molecule has 4 heteroatoms. The fourth-order valence-corrected chi connectivity index (χ4v) is 2.21. The SMILES string of the molecule is CCN(CCCCC(=O)O)C(C)c1cccc(O)c1. The van der Waals surface area contributed by atoms with E-state index in [1.807, 2.05) is 12.1 Å². The molecular formula is C15H23NO3. The molecule has 1 unspecified atom stereocenters. The zero-order valence-corrected chi connectivity index (χ0v) is 11.7. The number of nitrogens with zero attached hydrogens (tertiary/aromatic N) is 1. The summed E-state index contributed by atoms with van der Waals surface area (Å²) in [5.41, 5.74) is 1.08. The zero-order chi connectivity index (χ0) is 14.3. The number of benzene rings is 1. The van der Waals surface area contributed by atoms with E-state index in [4.69, 9.17) is 5.11 Å². The Hall–Kier alpha value is -1.55. The molecule has 1 aromatic rings. The van der Waals surface area contributed by atoms with Crippen molar-refractivity contribution in [2.75, 3.05) is 13.1 Å². The van der Waals surface area contributed by atoms with E-state index in [0.717, 1.165) is 25.1 Å². The largest absolute Gasteiger partial charge is 0.508 e. The number of aliphatic carboxylic acids is 1. The smallest absolute Gasteiger partial charge is 0.303 e. The van der Waals surface area contributed by atoms with Gasteiger partial charge in [-0.3, -0.25) is 9.69 Å².